The first kappa shape index (κ1) is 8.46. The summed E-state index contributed by atoms with van der Waals surface area (Å²) in [5.41, 5.74) is 6.48. The number of hydrogen-bond donors (Lipinski definition) is 1. The van der Waals surface area contributed by atoms with Crippen molar-refractivity contribution in [2.75, 3.05) is 5.73 Å². The van der Waals surface area contributed by atoms with E-state index < -0.39 is 0 Å². The molecule has 0 fully saturated rings. The molecule has 0 unspecified atom stereocenters. The number of aryl methyl sites for hydroxylation is 1. The van der Waals surface area contributed by atoms with Crippen LogP contribution >= 0.6 is 15.9 Å². The minimum Gasteiger partial charge on any atom is -0.368 e. The van der Waals surface area contributed by atoms with Crippen LogP contribution in [0.4, 0.5) is 5.95 Å². The van der Waals surface area contributed by atoms with E-state index in [1.165, 1.54) is 0 Å². The molecule has 1 aromatic heterocycles. The van der Waals surface area contributed by atoms with Crippen LogP contribution in [0.25, 0.3) is 0 Å². The van der Waals surface area contributed by atoms with Gasteiger partial charge >= 0.3 is 0 Å². The van der Waals surface area contributed by atoms with Crippen molar-refractivity contribution in [3.05, 3.63) is 16.4 Å². The number of halogens is 1. The van der Waals surface area contributed by atoms with Gasteiger partial charge in [0.2, 0.25) is 5.95 Å². The van der Waals surface area contributed by atoms with Crippen molar-refractivity contribution in [3.63, 3.8) is 0 Å². The van der Waals surface area contributed by atoms with Crippen LogP contribution in [-0.4, -0.2) is 9.97 Å². The standard InChI is InChI=1S/C7H10BrN3/c1-2-3-5-4-10-7(9)11-6(5)8/h4H,2-3H2,1H3,(H2,9,10,11). The van der Waals surface area contributed by atoms with E-state index >= 15 is 0 Å². The molecule has 1 heterocycles. The van der Waals surface area contributed by atoms with Gasteiger partial charge in [0.25, 0.3) is 0 Å². The number of nitrogen functional groups attached to an aromatic ring is 1. The van der Waals surface area contributed by atoms with Gasteiger partial charge in [-0.15, -0.1) is 0 Å². The highest BCUT2D eigenvalue weighted by molar-refractivity contribution is 9.10. The maximum Gasteiger partial charge on any atom is 0.221 e. The summed E-state index contributed by atoms with van der Waals surface area (Å²) in [7, 11) is 0. The quantitative estimate of drug-likeness (QED) is 0.766. The molecule has 1 rings (SSSR count). The number of rotatable bonds is 2. The van der Waals surface area contributed by atoms with Crippen molar-refractivity contribution >= 4 is 21.9 Å². The molecule has 11 heavy (non-hydrogen) atoms. The van der Waals surface area contributed by atoms with Crippen LogP contribution in [-0.2, 0) is 6.42 Å². The molecule has 3 nitrogen and oxygen atoms in total. The fraction of sp³-hybridized carbons (Fsp3) is 0.429. The van der Waals surface area contributed by atoms with Crippen LogP contribution < -0.4 is 5.73 Å². The summed E-state index contributed by atoms with van der Waals surface area (Å²) in [6.07, 6.45) is 3.84. The van der Waals surface area contributed by atoms with Gasteiger partial charge in [-0.25, -0.2) is 9.97 Å². The largest absolute Gasteiger partial charge is 0.368 e. The number of nitrogens with two attached hydrogens (primary N) is 1. The SMILES string of the molecule is CCCc1cnc(N)nc1Br. The van der Waals surface area contributed by atoms with Crippen molar-refractivity contribution in [1.29, 1.82) is 0 Å². The lowest BCUT2D eigenvalue weighted by molar-refractivity contribution is 0.894. The molecule has 0 aromatic carbocycles. The van der Waals surface area contributed by atoms with Gasteiger partial charge in [-0.3, -0.25) is 0 Å². The Kier molecular flexibility index (Phi) is 2.82. The lowest BCUT2D eigenvalue weighted by atomic mass is 10.2. The number of anilines is 1. The fourth-order valence-electron chi connectivity index (χ4n) is 0.836. The van der Waals surface area contributed by atoms with Crippen LogP contribution in [0.3, 0.4) is 0 Å². The first-order valence-corrected chi connectivity index (χ1v) is 4.30. The Morgan fingerprint density at radius 3 is 2.91 bits per heavy atom. The van der Waals surface area contributed by atoms with Crippen molar-refractivity contribution in [1.82, 2.24) is 9.97 Å². The van der Waals surface area contributed by atoms with Crippen molar-refractivity contribution < 1.29 is 0 Å². The van der Waals surface area contributed by atoms with Crippen LogP contribution in [0.1, 0.15) is 18.9 Å². The van der Waals surface area contributed by atoms with Gasteiger partial charge in [0.15, 0.2) is 0 Å². The first-order chi connectivity index (χ1) is 5.24. The van der Waals surface area contributed by atoms with E-state index in [0.29, 0.717) is 5.95 Å². The summed E-state index contributed by atoms with van der Waals surface area (Å²) in [5, 5.41) is 0. The van der Waals surface area contributed by atoms with E-state index in [-0.39, 0.29) is 0 Å². The normalized spacial score (nSPS) is 10.0. The molecule has 0 saturated carbocycles. The Balaban J connectivity index is 2.90. The molecule has 0 aliphatic rings. The first-order valence-electron chi connectivity index (χ1n) is 3.51. The molecule has 1 aromatic rings. The Hall–Kier alpha value is -0.640. The molecule has 0 saturated heterocycles. The molecule has 0 radical (unpaired) electrons. The van der Waals surface area contributed by atoms with Crippen molar-refractivity contribution in [2.24, 2.45) is 0 Å². The topological polar surface area (TPSA) is 51.8 Å². The molecule has 2 N–H and O–H groups in total. The van der Waals surface area contributed by atoms with Gasteiger partial charge in [0, 0.05) is 11.8 Å². The molecule has 0 aliphatic heterocycles. The molecule has 0 bridgehead atoms. The zero-order valence-electron chi connectivity index (χ0n) is 6.34. The Morgan fingerprint density at radius 2 is 2.36 bits per heavy atom. The maximum absolute atomic E-state index is 5.37. The maximum atomic E-state index is 5.37. The third kappa shape index (κ3) is 2.15. The summed E-state index contributed by atoms with van der Waals surface area (Å²) in [6, 6.07) is 0. The molecule has 0 spiro atoms. The highest BCUT2D eigenvalue weighted by Crippen LogP contribution is 2.14. The zero-order chi connectivity index (χ0) is 8.27. The molecule has 0 amide bonds. The van der Waals surface area contributed by atoms with Gasteiger partial charge in [-0.05, 0) is 22.4 Å². The average molecular weight is 216 g/mol. The van der Waals surface area contributed by atoms with Crippen molar-refractivity contribution in [2.45, 2.75) is 19.8 Å². The molecule has 4 heteroatoms. The minimum absolute atomic E-state index is 0.316. The third-order valence-electron chi connectivity index (χ3n) is 1.35. The van der Waals surface area contributed by atoms with Crippen LogP contribution in [0.15, 0.2) is 10.8 Å². The van der Waals surface area contributed by atoms with Gasteiger partial charge in [-0.2, -0.15) is 0 Å². The Bertz CT molecular complexity index is 249. The van der Waals surface area contributed by atoms with Gasteiger partial charge in [0.1, 0.15) is 4.60 Å². The molecule has 0 atom stereocenters. The summed E-state index contributed by atoms with van der Waals surface area (Å²) in [5.74, 6) is 0.316. The van der Waals surface area contributed by atoms with Crippen molar-refractivity contribution in [3.8, 4) is 0 Å². The van der Waals surface area contributed by atoms with Gasteiger partial charge in [0.05, 0.1) is 0 Å². The van der Waals surface area contributed by atoms with E-state index in [4.69, 9.17) is 5.73 Å². The second kappa shape index (κ2) is 3.67. The average Bonchev–Trinajstić information content (AvgIpc) is 1.95. The van der Waals surface area contributed by atoms with E-state index in [1.807, 2.05) is 0 Å². The second-order valence-corrected chi connectivity index (χ2v) is 3.05. The van der Waals surface area contributed by atoms with Gasteiger partial charge in [-0.1, -0.05) is 13.3 Å². The lowest BCUT2D eigenvalue weighted by Crippen LogP contribution is -1.97. The lowest BCUT2D eigenvalue weighted by Gasteiger charge is -2.00. The van der Waals surface area contributed by atoms with Crippen LogP contribution in [0, 0.1) is 0 Å². The Labute approximate surface area is 74.2 Å². The zero-order valence-corrected chi connectivity index (χ0v) is 7.93. The highest BCUT2D eigenvalue weighted by atomic mass is 79.9. The van der Waals surface area contributed by atoms with E-state index in [9.17, 15) is 0 Å². The Morgan fingerprint density at radius 1 is 1.64 bits per heavy atom. The highest BCUT2D eigenvalue weighted by Gasteiger charge is 2.00. The molecular formula is C7H10BrN3. The monoisotopic (exact) mass is 215 g/mol. The molecule has 0 aliphatic carbocycles. The fourth-order valence-corrected chi connectivity index (χ4v) is 1.32. The third-order valence-corrected chi connectivity index (χ3v) is 2.04. The number of nitrogens with zero attached hydrogens (tertiary/aromatic N) is 2. The summed E-state index contributed by atoms with van der Waals surface area (Å²) in [4.78, 5) is 7.87. The molecular weight excluding hydrogens is 206 g/mol. The van der Waals surface area contributed by atoms with E-state index in [2.05, 4.69) is 32.8 Å². The van der Waals surface area contributed by atoms with Gasteiger partial charge < -0.3 is 5.73 Å². The number of hydrogen-bond acceptors (Lipinski definition) is 3. The smallest absolute Gasteiger partial charge is 0.221 e. The van der Waals surface area contributed by atoms with Crippen LogP contribution in [0.2, 0.25) is 0 Å². The van der Waals surface area contributed by atoms with Crippen LogP contribution in [0.5, 0.6) is 0 Å². The second-order valence-electron chi connectivity index (χ2n) is 2.29. The molecule has 60 valence electrons. The predicted molar refractivity (Wildman–Crippen MR) is 48.1 cm³/mol. The predicted octanol–water partition coefficient (Wildman–Crippen LogP) is 1.77. The summed E-state index contributed by atoms with van der Waals surface area (Å²) < 4.78 is 0.812. The number of aromatic nitrogens is 2. The summed E-state index contributed by atoms with van der Waals surface area (Å²) in [6.45, 7) is 2.11. The van der Waals surface area contributed by atoms with E-state index in [1.54, 1.807) is 6.20 Å². The minimum atomic E-state index is 0.316. The summed E-state index contributed by atoms with van der Waals surface area (Å²) >= 11 is 3.32. The van der Waals surface area contributed by atoms with E-state index in [0.717, 1.165) is 23.0 Å².